The monoisotopic (exact) mass is 144 g/mol. The van der Waals surface area contributed by atoms with Crippen molar-refractivity contribution >= 4 is 7.85 Å². The third kappa shape index (κ3) is 1.58. The molecule has 0 bridgehead atoms. The molecule has 0 atom stereocenters. The highest BCUT2D eigenvalue weighted by molar-refractivity contribution is 6.22. The van der Waals surface area contributed by atoms with E-state index in [2.05, 4.69) is 6.08 Å². The highest BCUT2D eigenvalue weighted by atomic mass is 14.2. The van der Waals surface area contributed by atoms with Crippen molar-refractivity contribution in [2.45, 2.75) is 32.1 Å². The van der Waals surface area contributed by atoms with E-state index in [1.165, 1.54) is 25.7 Å². The van der Waals surface area contributed by atoms with Crippen LogP contribution in [0, 0.1) is 5.92 Å². The molecule has 2 rings (SSSR count). The number of hydrogen-bond donors (Lipinski definition) is 0. The van der Waals surface area contributed by atoms with Crippen molar-refractivity contribution in [3.8, 4) is 0 Å². The molecular weight excluding hydrogens is 131 g/mol. The Bertz CT molecular complexity index is 209. The minimum absolute atomic E-state index is 0.987. The molecule has 0 saturated heterocycles. The molecule has 0 aromatic carbocycles. The van der Waals surface area contributed by atoms with E-state index >= 15 is 0 Å². The Labute approximate surface area is 69.8 Å². The van der Waals surface area contributed by atoms with Crippen molar-refractivity contribution in [3.63, 3.8) is 0 Å². The molecule has 0 heterocycles. The van der Waals surface area contributed by atoms with Crippen LogP contribution in [0.5, 0.6) is 0 Å². The van der Waals surface area contributed by atoms with Crippen molar-refractivity contribution in [3.05, 3.63) is 23.2 Å². The Kier molecular flexibility index (Phi) is 1.89. The van der Waals surface area contributed by atoms with E-state index in [9.17, 15) is 0 Å². The maximum absolute atomic E-state index is 5.67. The van der Waals surface area contributed by atoms with Crippen LogP contribution in [0.25, 0.3) is 0 Å². The van der Waals surface area contributed by atoms with Gasteiger partial charge in [-0.05, 0) is 18.8 Å². The highest BCUT2D eigenvalue weighted by Gasteiger charge is 2.19. The molecule has 0 N–H and O–H groups in total. The molecule has 2 radical (unpaired) electrons. The van der Waals surface area contributed by atoms with Gasteiger partial charge in [0.05, 0.1) is 0 Å². The Morgan fingerprint density at radius 1 is 1.36 bits per heavy atom. The summed E-state index contributed by atoms with van der Waals surface area (Å²) in [5.41, 5.74) is 2.59. The molecule has 1 saturated carbocycles. The van der Waals surface area contributed by atoms with Crippen LogP contribution < -0.4 is 0 Å². The first-order valence-corrected chi connectivity index (χ1v) is 4.48. The zero-order valence-corrected chi connectivity index (χ0v) is 6.84. The highest BCUT2D eigenvalue weighted by Crippen LogP contribution is 2.34. The fourth-order valence-electron chi connectivity index (χ4n) is 1.81. The van der Waals surface area contributed by atoms with Gasteiger partial charge in [-0.1, -0.05) is 37.0 Å². The summed E-state index contributed by atoms with van der Waals surface area (Å²) in [5.74, 6) is 0.987. The lowest BCUT2D eigenvalue weighted by molar-refractivity contribution is 0.313. The molecule has 0 nitrogen and oxygen atoms in total. The van der Waals surface area contributed by atoms with Crippen molar-refractivity contribution in [1.29, 1.82) is 0 Å². The van der Waals surface area contributed by atoms with Crippen molar-refractivity contribution < 1.29 is 0 Å². The van der Waals surface area contributed by atoms with E-state index in [0.717, 1.165) is 17.8 Å². The second-order valence-corrected chi connectivity index (χ2v) is 3.74. The summed E-state index contributed by atoms with van der Waals surface area (Å²) < 4.78 is 0. The average molecular weight is 144 g/mol. The maximum atomic E-state index is 5.67. The molecule has 0 unspecified atom stereocenters. The van der Waals surface area contributed by atoms with E-state index in [0.29, 0.717) is 0 Å². The second kappa shape index (κ2) is 2.88. The number of hydrogen-bond acceptors (Lipinski definition) is 0. The molecule has 1 heteroatoms. The lowest BCUT2D eigenvalue weighted by Crippen LogP contribution is -2.11. The fourth-order valence-corrected chi connectivity index (χ4v) is 1.81. The molecule has 0 spiro atoms. The molecule has 0 aliphatic heterocycles. The summed E-state index contributed by atoms with van der Waals surface area (Å²) in [6.07, 6.45) is 10.9. The van der Waals surface area contributed by atoms with Crippen LogP contribution in [0.15, 0.2) is 23.2 Å². The third-order valence-electron chi connectivity index (χ3n) is 2.74. The molecule has 0 aromatic heterocycles. The Morgan fingerprint density at radius 2 is 2.18 bits per heavy atom. The lowest BCUT2D eigenvalue weighted by atomic mass is 9.79. The van der Waals surface area contributed by atoms with Gasteiger partial charge in [-0.2, -0.15) is 0 Å². The molecule has 2 aliphatic rings. The molecule has 11 heavy (non-hydrogen) atoms. The van der Waals surface area contributed by atoms with Crippen LogP contribution in [-0.2, 0) is 0 Å². The van der Waals surface area contributed by atoms with Crippen LogP contribution in [0.2, 0.25) is 0 Å². The smallest absolute Gasteiger partial charge is 0.108 e. The SMILES string of the molecule is [B]C1=CC=C(CC2CCC2)C1. The van der Waals surface area contributed by atoms with Gasteiger partial charge in [-0.15, -0.1) is 5.47 Å². The summed E-state index contributed by atoms with van der Waals surface area (Å²) in [4.78, 5) is 0. The van der Waals surface area contributed by atoms with E-state index in [4.69, 9.17) is 7.85 Å². The maximum Gasteiger partial charge on any atom is 0.108 e. The molecule has 2 aliphatic carbocycles. The zero-order valence-electron chi connectivity index (χ0n) is 6.84. The molecule has 0 amide bonds. The van der Waals surface area contributed by atoms with E-state index in [-0.39, 0.29) is 0 Å². The zero-order chi connectivity index (χ0) is 7.68. The summed E-state index contributed by atoms with van der Waals surface area (Å²) in [7, 11) is 5.67. The van der Waals surface area contributed by atoms with Gasteiger partial charge in [0.2, 0.25) is 0 Å². The first-order valence-electron chi connectivity index (χ1n) is 4.48. The molecule has 1 fully saturated rings. The van der Waals surface area contributed by atoms with E-state index < -0.39 is 0 Å². The largest absolute Gasteiger partial charge is 0.114 e. The minimum atomic E-state index is 0.987. The van der Waals surface area contributed by atoms with Crippen molar-refractivity contribution in [2.24, 2.45) is 5.92 Å². The topological polar surface area (TPSA) is 0 Å². The average Bonchev–Trinajstić information content (AvgIpc) is 2.27. The minimum Gasteiger partial charge on any atom is -0.114 e. The first-order chi connectivity index (χ1) is 5.34. The summed E-state index contributed by atoms with van der Waals surface area (Å²) >= 11 is 0. The predicted molar refractivity (Wildman–Crippen MR) is 48.5 cm³/mol. The van der Waals surface area contributed by atoms with Gasteiger partial charge in [0, 0.05) is 0 Å². The predicted octanol–water partition coefficient (Wildman–Crippen LogP) is 2.56. The summed E-state index contributed by atoms with van der Waals surface area (Å²) in [5, 5.41) is 0. The Hall–Kier alpha value is -0.455. The summed E-state index contributed by atoms with van der Waals surface area (Å²) in [6.45, 7) is 0. The Balaban J connectivity index is 1.80. The second-order valence-electron chi connectivity index (χ2n) is 3.74. The van der Waals surface area contributed by atoms with E-state index in [1.807, 2.05) is 6.08 Å². The lowest BCUT2D eigenvalue weighted by Gasteiger charge is -2.25. The van der Waals surface area contributed by atoms with Gasteiger partial charge in [0.1, 0.15) is 7.85 Å². The molecule has 0 aromatic rings. The molecule has 56 valence electrons. The van der Waals surface area contributed by atoms with Crippen LogP contribution in [-0.4, -0.2) is 7.85 Å². The normalized spacial score (nSPS) is 24.4. The van der Waals surface area contributed by atoms with E-state index in [1.54, 1.807) is 5.57 Å². The van der Waals surface area contributed by atoms with Gasteiger partial charge < -0.3 is 0 Å². The van der Waals surface area contributed by atoms with Crippen LogP contribution >= 0.6 is 0 Å². The van der Waals surface area contributed by atoms with Crippen molar-refractivity contribution in [2.75, 3.05) is 0 Å². The fraction of sp³-hybridized carbons (Fsp3) is 0.600. The van der Waals surface area contributed by atoms with Gasteiger partial charge in [0.15, 0.2) is 0 Å². The first kappa shape index (κ1) is 7.21. The number of allylic oxidation sites excluding steroid dienone is 4. The third-order valence-corrected chi connectivity index (χ3v) is 2.74. The standard InChI is InChI=1S/C10H13B/c11-10-5-4-9(7-10)6-8-2-1-3-8/h4-5,8H,1-3,6-7H2. The van der Waals surface area contributed by atoms with Crippen LogP contribution in [0.3, 0.4) is 0 Å². The van der Waals surface area contributed by atoms with Crippen LogP contribution in [0.4, 0.5) is 0 Å². The summed E-state index contributed by atoms with van der Waals surface area (Å²) in [6, 6.07) is 0. The quantitative estimate of drug-likeness (QED) is 0.522. The van der Waals surface area contributed by atoms with Gasteiger partial charge in [0.25, 0.3) is 0 Å². The van der Waals surface area contributed by atoms with Gasteiger partial charge in [-0.3, -0.25) is 0 Å². The van der Waals surface area contributed by atoms with Gasteiger partial charge >= 0.3 is 0 Å². The van der Waals surface area contributed by atoms with Crippen LogP contribution in [0.1, 0.15) is 32.1 Å². The Morgan fingerprint density at radius 3 is 2.64 bits per heavy atom. The number of rotatable bonds is 2. The van der Waals surface area contributed by atoms with Gasteiger partial charge in [-0.25, -0.2) is 0 Å². The van der Waals surface area contributed by atoms with Crippen molar-refractivity contribution in [1.82, 2.24) is 0 Å². The molecular formula is C10H13B.